The van der Waals surface area contributed by atoms with E-state index in [1.54, 1.807) is 12.1 Å². The van der Waals surface area contributed by atoms with Gasteiger partial charge in [0.1, 0.15) is 18.2 Å². The first-order valence-electron chi connectivity index (χ1n) is 6.55. The highest BCUT2D eigenvalue weighted by atomic mass is 79.9. The third-order valence-corrected chi connectivity index (χ3v) is 3.51. The van der Waals surface area contributed by atoms with Gasteiger partial charge in [0, 0.05) is 12.6 Å². The van der Waals surface area contributed by atoms with Crippen LogP contribution < -0.4 is 10.1 Å². The Morgan fingerprint density at radius 3 is 2.70 bits per heavy atom. The number of hydrogen-bond donors (Lipinski definition) is 1. The average molecular weight is 338 g/mol. The summed E-state index contributed by atoms with van der Waals surface area (Å²) in [6.07, 6.45) is 0. The van der Waals surface area contributed by atoms with E-state index in [1.807, 2.05) is 12.1 Å². The van der Waals surface area contributed by atoms with Gasteiger partial charge in [0.25, 0.3) is 0 Å². The van der Waals surface area contributed by atoms with Crippen LogP contribution in [0, 0.1) is 5.82 Å². The maximum Gasteiger partial charge on any atom is 0.141 e. The topological polar surface area (TPSA) is 21.3 Å². The van der Waals surface area contributed by atoms with Crippen molar-refractivity contribution in [2.45, 2.75) is 20.1 Å². The van der Waals surface area contributed by atoms with Crippen molar-refractivity contribution in [2.75, 3.05) is 6.54 Å². The lowest BCUT2D eigenvalue weighted by atomic mass is 10.1. The predicted molar refractivity (Wildman–Crippen MR) is 82.3 cm³/mol. The minimum absolute atomic E-state index is 0.316. The Kier molecular flexibility index (Phi) is 5.56. The van der Waals surface area contributed by atoms with E-state index < -0.39 is 0 Å². The first-order chi connectivity index (χ1) is 9.69. The molecule has 2 aromatic carbocycles. The predicted octanol–water partition coefficient (Wildman–Crippen LogP) is 4.28. The van der Waals surface area contributed by atoms with E-state index in [-0.39, 0.29) is 5.82 Å². The van der Waals surface area contributed by atoms with E-state index in [0.717, 1.165) is 18.7 Å². The first-order valence-corrected chi connectivity index (χ1v) is 7.34. The second kappa shape index (κ2) is 7.41. The molecule has 0 aromatic heterocycles. The number of halogens is 2. The zero-order chi connectivity index (χ0) is 14.4. The number of rotatable bonds is 6. The Hall–Kier alpha value is -1.39. The van der Waals surface area contributed by atoms with Crippen molar-refractivity contribution in [3.63, 3.8) is 0 Å². The van der Waals surface area contributed by atoms with Crippen molar-refractivity contribution < 1.29 is 9.13 Å². The molecule has 0 spiro atoms. The van der Waals surface area contributed by atoms with Crippen LogP contribution in [0.3, 0.4) is 0 Å². The maximum atomic E-state index is 13.4. The van der Waals surface area contributed by atoms with Crippen LogP contribution in [0.5, 0.6) is 5.75 Å². The summed E-state index contributed by atoms with van der Waals surface area (Å²) in [4.78, 5) is 0. The Bertz CT molecular complexity index is 574. The van der Waals surface area contributed by atoms with E-state index in [2.05, 4.69) is 40.3 Å². The van der Waals surface area contributed by atoms with Gasteiger partial charge in [-0.25, -0.2) is 4.39 Å². The molecule has 0 atom stereocenters. The van der Waals surface area contributed by atoms with Crippen LogP contribution in [0.1, 0.15) is 18.1 Å². The second-order valence-corrected chi connectivity index (χ2v) is 5.32. The van der Waals surface area contributed by atoms with Crippen molar-refractivity contribution in [2.24, 2.45) is 0 Å². The molecule has 0 amide bonds. The van der Waals surface area contributed by atoms with E-state index in [1.165, 1.54) is 11.6 Å². The molecule has 4 heteroatoms. The standard InChI is InChI=1S/C16H17BrFNO/c1-2-19-10-12-4-3-5-13(8-12)11-20-14-6-7-15(17)16(18)9-14/h3-9,19H,2,10-11H2,1H3. The normalized spacial score (nSPS) is 10.6. The minimum atomic E-state index is -0.316. The lowest BCUT2D eigenvalue weighted by molar-refractivity contribution is 0.304. The van der Waals surface area contributed by atoms with Crippen LogP contribution in [-0.2, 0) is 13.2 Å². The van der Waals surface area contributed by atoms with Gasteiger partial charge >= 0.3 is 0 Å². The van der Waals surface area contributed by atoms with Crippen LogP contribution in [0.4, 0.5) is 4.39 Å². The van der Waals surface area contributed by atoms with E-state index in [0.29, 0.717) is 16.8 Å². The monoisotopic (exact) mass is 337 g/mol. The quantitative estimate of drug-likeness (QED) is 0.849. The Labute approximate surface area is 127 Å². The summed E-state index contributed by atoms with van der Waals surface area (Å²) >= 11 is 3.12. The van der Waals surface area contributed by atoms with Gasteiger partial charge in [0.2, 0.25) is 0 Å². The molecule has 2 aromatic rings. The molecule has 0 fully saturated rings. The molecule has 0 aliphatic carbocycles. The minimum Gasteiger partial charge on any atom is -0.489 e. The molecule has 2 nitrogen and oxygen atoms in total. The van der Waals surface area contributed by atoms with Crippen molar-refractivity contribution in [1.82, 2.24) is 5.32 Å². The molecule has 0 aliphatic rings. The van der Waals surface area contributed by atoms with Gasteiger partial charge in [-0.05, 0) is 45.7 Å². The molecule has 0 aliphatic heterocycles. The second-order valence-electron chi connectivity index (χ2n) is 4.46. The third-order valence-electron chi connectivity index (χ3n) is 2.87. The van der Waals surface area contributed by atoms with Gasteiger partial charge in [-0.3, -0.25) is 0 Å². The molecular weight excluding hydrogens is 321 g/mol. The number of benzene rings is 2. The molecule has 0 radical (unpaired) electrons. The molecule has 0 bridgehead atoms. The third kappa shape index (κ3) is 4.32. The number of ether oxygens (including phenoxy) is 1. The summed E-state index contributed by atoms with van der Waals surface area (Å²) < 4.78 is 19.4. The summed E-state index contributed by atoms with van der Waals surface area (Å²) in [6.45, 7) is 4.30. The molecule has 1 N–H and O–H groups in total. The Morgan fingerprint density at radius 1 is 1.15 bits per heavy atom. The molecule has 0 saturated carbocycles. The summed E-state index contributed by atoms with van der Waals surface area (Å²) in [5.41, 5.74) is 2.29. The highest BCUT2D eigenvalue weighted by Crippen LogP contribution is 2.21. The smallest absolute Gasteiger partial charge is 0.141 e. The zero-order valence-corrected chi connectivity index (χ0v) is 12.9. The van der Waals surface area contributed by atoms with E-state index in [9.17, 15) is 4.39 Å². The van der Waals surface area contributed by atoms with Gasteiger partial charge in [-0.1, -0.05) is 31.2 Å². The van der Waals surface area contributed by atoms with Gasteiger partial charge in [-0.2, -0.15) is 0 Å². The molecule has 0 saturated heterocycles. The van der Waals surface area contributed by atoms with Crippen LogP contribution in [-0.4, -0.2) is 6.54 Å². The highest BCUT2D eigenvalue weighted by Gasteiger charge is 2.02. The van der Waals surface area contributed by atoms with Crippen molar-refractivity contribution >= 4 is 15.9 Å². The number of hydrogen-bond acceptors (Lipinski definition) is 2. The fourth-order valence-corrected chi connectivity index (χ4v) is 2.08. The van der Waals surface area contributed by atoms with Gasteiger partial charge < -0.3 is 10.1 Å². The van der Waals surface area contributed by atoms with Gasteiger partial charge in [-0.15, -0.1) is 0 Å². The number of nitrogens with one attached hydrogen (secondary N) is 1. The summed E-state index contributed by atoms with van der Waals surface area (Å²) in [6, 6.07) is 13.0. The summed E-state index contributed by atoms with van der Waals surface area (Å²) in [7, 11) is 0. The Balaban J connectivity index is 1.97. The van der Waals surface area contributed by atoms with Gasteiger partial charge in [0.05, 0.1) is 4.47 Å². The average Bonchev–Trinajstić information content (AvgIpc) is 2.47. The lowest BCUT2D eigenvalue weighted by Crippen LogP contribution is -2.11. The lowest BCUT2D eigenvalue weighted by Gasteiger charge is -2.09. The fraction of sp³-hybridized carbons (Fsp3) is 0.250. The fourth-order valence-electron chi connectivity index (χ4n) is 1.83. The molecule has 106 valence electrons. The Morgan fingerprint density at radius 2 is 1.95 bits per heavy atom. The van der Waals surface area contributed by atoms with Crippen molar-refractivity contribution in [1.29, 1.82) is 0 Å². The zero-order valence-electron chi connectivity index (χ0n) is 11.3. The first kappa shape index (κ1) is 15.0. The molecule has 2 rings (SSSR count). The van der Waals surface area contributed by atoms with Crippen LogP contribution >= 0.6 is 15.9 Å². The van der Waals surface area contributed by atoms with E-state index >= 15 is 0 Å². The van der Waals surface area contributed by atoms with Crippen LogP contribution in [0.15, 0.2) is 46.9 Å². The summed E-state index contributed by atoms with van der Waals surface area (Å²) in [5, 5.41) is 3.28. The summed E-state index contributed by atoms with van der Waals surface area (Å²) in [5.74, 6) is 0.214. The highest BCUT2D eigenvalue weighted by molar-refractivity contribution is 9.10. The molecule has 20 heavy (non-hydrogen) atoms. The van der Waals surface area contributed by atoms with Crippen LogP contribution in [0.25, 0.3) is 0 Å². The van der Waals surface area contributed by atoms with Crippen molar-refractivity contribution in [3.05, 3.63) is 63.9 Å². The SMILES string of the molecule is CCNCc1cccc(COc2ccc(Br)c(F)c2)c1. The van der Waals surface area contributed by atoms with Gasteiger partial charge in [0.15, 0.2) is 0 Å². The molecule has 0 heterocycles. The van der Waals surface area contributed by atoms with Crippen LogP contribution in [0.2, 0.25) is 0 Å². The largest absolute Gasteiger partial charge is 0.489 e. The van der Waals surface area contributed by atoms with Crippen molar-refractivity contribution in [3.8, 4) is 5.75 Å². The van der Waals surface area contributed by atoms with E-state index in [4.69, 9.17) is 4.74 Å². The molecule has 0 unspecified atom stereocenters. The molecular formula is C16H17BrFNO. The maximum absolute atomic E-state index is 13.4.